The molecule has 1 atom stereocenters. The van der Waals surface area contributed by atoms with Gasteiger partial charge < -0.3 is 15.0 Å². The van der Waals surface area contributed by atoms with E-state index in [1.807, 2.05) is 0 Å². The maximum absolute atomic E-state index is 5.62. The Balaban J connectivity index is 1.59. The van der Waals surface area contributed by atoms with Crippen molar-refractivity contribution < 1.29 is 4.74 Å². The van der Waals surface area contributed by atoms with E-state index in [0.717, 1.165) is 19.7 Å². The third-order valence-electron chi connectivity index (χ3n) is 4.35. The van der Waals surface area contributed by atoms with Gasteiger partial charge in [0.05, 0.1) is 6.10 Å². The van der Waals surface area contributed by atoms with Gasteiger partial charge in [-0.25, -0.2) is 0 Å². The van der Waals surface area contributed by atoms with Gasteiger partial charge in [0.15, 0.2) is 0 Å². The smallest absolute Gasteiger partial charge is 0.0588 e. The second kappa shape index (κ2) is 5.48. The van der Waals surface area contributed by atoms with Gasteiger partial charge in [0, 0.05) is 18.7 Å². The van der Waals surface area contributed by atoms with Crippen LogP contribution < -0.4 is 5.32 Å². The van der Waals surface area contributed by atoms with Crippen molar-refractivity contribution in [2.75, 3.05) is 33.8 Å². The quantitative estimate of drug-likeness (QED) is 0.697. The first-order chi connectivity index (χ1) is 7.73. The largest absolute Gasteiger partial charge is 0.378 e. The molecule has 3 nitrogen and oxygen atoms in total. The molecule has 0 aromatic carbocycles. The summed E-state index contributed by atoms with van der Waals surface area (Å²) in [6, 6.07) is 0. The van der Waals surface area contributed by atoms with Crippen LogP contribution in [-0.4, -0.2) is 50.3 Å². The molecule has 2 rings (SSSR count). The molecule has 2 fully saturated rings. The van der Waals surface area contributed by atoms with Gasteiger partial charge in [-0.1, -0.05) is 0 Å². The van der Waals surface area contributed by atoms with Crippen molar-refractivity contribution >= 4 is 0 Å². The lowest BCUT2D eigenvalue weighted by atomic mass is 9.75. The van der Waals surface area contributed by atoms with E-state index in [4.69, 9.17) is 4.74 Å². The molecule has 0 aromatic rings. The summed E-state index contributed by atoms with van der Waals surface area (Å²) in [5.74, 6) is 0. The molecule has 3 heteroatoms. The Kier molecular flexibility index (Phi) is 4.22. The van der Waals surface area contributed by atoms with E-state index in [1.54, 1.807) is 0 Å². The zero-order chi connectivity index (χ0) is 11.4. The van der Waals surface area contributed by atoms with Crippen LogP contribution in [0.25, 0.3) is 0 Å². The lowest BCUT2D eigenvalue weighted by Crippen LogP contribution is -2.56. The van der Waals surface area contributed by atoms with Gasteiger partial charge in [0.25, 0.3) is 0 Å². The van der Waals surface area contributed by atoms with Gasteiger partial charge >= 0.3 is 0 Å². The Labute approximate surface area is 99.5 Å². The molecule has 1 N–H and O–H groups in total. The minimum Gasteiger partial charge on any atom is -0.378 e. The lowest BCUT2D eigenvalue weighted by molar-refractivity contribution is 0.0574. The zero-order valence-electron chi connectivity index (χ0n) is 10.8. The van der Waals surface area contributed by atoms with Crippen LogP contribution in [-0.2, 0) is 4.74 Å². The van der Waals surface area contributed by atoms with Gasteiger partial charge in [0.2, 0.25) is 0 Å². The van der Waals surface area contributed by atoms with Gasteiger partial charge in [-0.2, -0.15) is 0 Å². The molecule has 1 unspecified atom stereocenters. The number of hydrogen-bond donors (Lipinski definition) is 1. The second-order valence-electron chi connectivity index (χ2n) is 5.57. The molecule has 1 aliphatic carbocycles. The van der Waals surface area contributed by atoms with Crippen LogP contribution >= 0.6 is 0 Å². The van der Waals surface area contributed by atoms with Crippen LogP contribution in [0.3, 0.4) is 0 Å². The number of likely N-dealkylation sites (N-methyl/N-ethyl adjacent to an activating group) is 1. The fourth-order valence-corrected chi connectivity index (χ4v) is 2.82. The van der Waals surface area contributed by atoms with Crippen LogP contribution in [0.1, 0.15) is 38.5 Å². The zero-order valence-corrected chi connectivity index (χ0v) is 10.8. The van der Waals surface area contributed by atoms with E-state index >= 15 is 0 Å². The topological polar surface area (TPSA) is 24.5 Å². The van der Waals surface area contributed by atoms with Crippen LogP contribution in [0.2, 0.25) is 0 Å². The van der Waals surface area contributed by atoms with Gasteiger partial charge in [-0.3, -0.25) is 0 Å². The maximum Gasteiger partial charge on any atom is 0.0588 e. The average molecular weight is 226 g/mol. The summed E-state index contributed by atoms with van der Waals surface area (Å²) in [6.45, 7) is 3.24. The molecule has 1 saturated carbocycles. The number of rotatable bonds is 6. The van der Waals surface area contributed by atoms with E-state index in [-0.39, 0.29) is 0 Å². The Morgan fingerprint density at radius 2 is 2.12 bits per heavy atom. The first kappa shape index (κ1) is 12.3. The number of nitrogens with zero attached hydrogens (tertiary/aromatic N) is 1. The fraction of sp³-hybridized carbons (Fsp3) is 1.00. The van der Waals surface area contributed by atoms with Crippen LogP contribution in [0.4, 0.5) is 0 Å². The fourth-order valence-electron chi connectivity index (χ4n) is 2.82. The molecular weight excluding hydrogens is 200 g/mol. The third kappa shape index (κ3) is 2.76. The molecule has 0 amide bonds. The molecule has 2 aliphatic rings. The van der Waals surface area contributed by atoms with Gasteiger partial charge in [0.1, 0.15) is 0 Å². The summed E-state index contributed by atoms with van der Waals surface area (Å²) in [4.78, 5) is 2.40. The molecule has 1 saturated heterocycles. The highest BCUT2D eigenvalue weighted by atomic mass is 16.5. The van der Waals surface area contributed by atoms with Gasteiger partial charge in [-0.05, 0) is 59.2 Å². The lowest BCUT2D eigenvalue weighted by Gasteiger charge is -2.47. The Bertz CT molecular complexity index is 208. The minimum absolute atomic E-state index is 0.455. The number of ether oxygens (including phenoxy) is 1. The van der Waals surface area contributed by atoms with E-state index in [1.165, 1.54) is 38.5 Å². The third-order valence-corrected chi connectivity index (χ3v) is 4.35. The van der Waals surface area contributed by atoms with Gasteiger partial charge in [-0.15, -0.1) is 0 Å². The van der Waals surface area contributed by atoms with E-state index in [0.29, 0.717) is 11.6 Å². The predicted molar refractivity (Wildman–Crippen MR) is 66.7 cm³/mol. The molecule has 94 valence electrons. The summed E-state index contributed by atoms with van der Waals surface area (Å²) < 4.78 is 5.62. The first-order valence-corrected chi connectivity index (χ1v) is 6.73. The summed E-state index contributed by atoms with van der Waals surface area (Å²) in [6.07, 6.45) is 8.34. The summed E-state index contributed by atoms with van der Waals surface area (Å²) >= 11 is 0. The average Bonchev–Trinajstić information content (AvgIpc) is 2.67. The van der Waals surface area contributed by atoms with Crippen molar-refractivity contribution in [2.45, 2.75) is 50.2 Å². The molecule has 16 heavy (non-hydrogen) atoms. The minimum atomic E-state index is 0.455. The highest BCUT2D eigenvalue weighted by Gasteiger charge is 2.38. The van der Waals surface area contributed by atoms with E-state index in [2.05, 4.69) is 24.3 Å². The van der Waals surface area contributed by atoms with E-state index < -0.39 is 0 Å². The summed E-state index contributed by atoms with van der Waals surface area (Å²) in [5.41, 5.74) is 0.455. The summed E-state index contributed by atoms with van der Waals surface area (Å²) in [7, 11) is 4.42. The monoisotopic (exact) mass is 226 g/mol. The Morgan fingerprint density at radius 1 is 1.31 bits per heavy atom. The Hall–Kier alpha value is -0.120. The molecule has 0 aromatic heterocycles. The van der Waals surface area contributed by atoms with E-state index in [9.17, 15) is 0 Å². The van der Waals surface area contributed by atoms with Crippen LogP contribution in [0.5, 0.6) is 0 Å². The summed E-state index contributed by atoms with van der Waals surface area (Å²) in [5, 5.41) is 3.61. The molecule has 1 aliphatic heterocycles. The van der Waals surface area contributed by atoms with Crippen molar-refractivity contribution in [2.24, 2.45) is 0 Å². The molecule has 1 heterocycles. The van der Waals surface area contributed by atoms with Crippen LogP contribution in [0, 0.1) is 0 Å². The molecule has 0 spiro atoms. The SMILES string of the molecule is CN(C)C1(CNCCC2CCCO2)CCC1. The molecular formula is C13H26N2O. The Morgan fingerprint density at radius 3 is 2.62 bits per heavy atom. The highest BCUT2D eigenvalue weighted by Crippen LogP contribution is 2.35. The molecule has 0 bridgehead atoms. The van der Waals surface area contributed by atoms with Crippen molar-refractivity contribution in [1.29, 1.82) is 0 Å². The van der Waals surface area contributed by atoms with Crippen molar-refractivity contribution in [3.63, 3.8) is 0 Å². The number of hydrogen-bond acceptors (Lipinski definition) is 3. The predicted octanol–water partition coefficient (Wildman–Crippen LogP) is 1.63. The normalized spacial score (nSPS) is 28.3. The number of nitrogens with one attached hydrogen (secondary N) is 1. The second-order valence-corrected chi connectivity index (χ2v) is 5.57. The molecule has 0 radical (unpaired) electrons. The highest BCUT2D eigenvalue weighted by molar-refractivity contribution is 4.97. The van der Waals surface area contributed by atoms with Crippen molar-refractivity contribution in [3.8, 4) is 0 Å². The van der Waals surface area contributed by atoms with Crippen LogP contribution in [0.15, 0.2) is 0 Å². The van der Waals surface area contributed by atoms with Crippen molar-refractivity contribution in [3.05, 3.63) is 0 Å². The standard InChI is InChI=1S/C13H26N2O/c1-15(2)13(7-4-8-13)11-14-9-6-12-5-3-10-16-12/h12,14H,3-11H2,1-2H3. The van der Waals surface area contributed by atoms with Crippen molar-refractivity contribution in [1.82, 2.24) is 10.2 Å². The first-order valence-electron chi connectivity index (χ1n) is 6.73. The maximum atomic E-state index is 5.62.